The molecule has 40 heavy (non-hydrogen) atoms. The van der Waals surface area contributed by atoms with Crippen LogP contribution in [-0.4, -0.2) is 32.0 Å². The predicted octanol–water partition coefficient (Wildman–Crippen LogP) is 5.19. The Morgan fingerprint density at radius 3 is 2.50 bits per heavy atom. The van der Waals surface area contributed by atoms with Crippen molar-refractivity contribution >= 4 is 67.5 Å². The lowest BCUT2D eigenvalue weighted by Crippen LogP contribution is -2.32. The number of benzene rings is 2. The number of pyridine rings is 1. The van der Waals surface area contributed by atoms with Crippen molar-refractivity contribution in [3.05, 3.63) is 72.3 Å². The maximum Gasteiger partial charge on any atom is 0.298 e. The highest BCUT2D eigenvalue weighted by molar-refractivity contribution is 14.1. The second kappa shape index (κ2) is 11.2. The molecule has 0 unspecified atom stereocenters. The highest BCUT2D eigenvalue weighted by atomic mass is 127. The van der Waals surface area contributed by atoms with Crippen LogP contribution in [0.2, 0.25) is 5.02 Å². The molecule has 0 saturated heterocycles. The second-order valence-electron chi connectivity index (χ2n) is 9.61. The molecule has 2 fully saturated rings. The quantitative estimate of drug-likeness (QED) is 0.215. The minimum Gasteiger partial charge on any atom is -0.454 e. The van der Waals surface area contributed by atoms with Crippen LogP contribution in [0.5, 0.6) is 11.5 Å². The molecule has 0 spiro atoms. The zero-order valence-electron chi connectivity index (χ0n) is 21.5. The van der Waals surface area contributed by atoms with E-state index in [9.17, 15) is 22.4 Å². The van der Waals surface area contributed by atoms with Gasteiger partial charge in [0.1, 0.15) is 28.0 Å². The number of nitrogens with zero attached hydrogens (tertiary/aromatic N) is 1. The molecule has 2 saturated carbocycles. The number of halogens is 3. The number of hydrogen-bond acceptors (Lipinski definition) is 6. The summed E-state index contributed by atoms with van der Waals surface area (Å²) >= 11 is 8.50. The summed E-state index contributed by atoms with van der Waals surface area (Å²) in [7, 11) is -2.65. The Morgan fingerprint density at radius 2 is 1.88 bits per heavy atom. The van der Waals surface area contributed by atoms with Crippen LogP contribution < -0.4 is 30.4 Å². The summed E-state index contributed by atoms with van der Waals surface area (Å²) in [4.78, 5) is 27.4. The largest absolute Gasteiger partial charge is 0.454 e. The lowest BCUT2D eigenvalue weighted by atomic mass is 10.1. The van der Waals surface area contributed by atoms with E-state index in [4.69, 9.17) is 16.3 Å². The van der Waals surface area contributed by atoms with Gasteiger partial charge < -0.3 is 15.4 Å². The monoisotopic (exact) mass is 701 g/mol. The molecule has 0 radical (unpaired) electrons. The SMILES string of the molecule is CNS(=O)(=O)Nc1cccc(Oc2c(C(=O)NC3CC3)c(Nc3ccc(I)cc3F)n(C3CC3)c(=O)c2C)c1Cl. The maximum absolute atomic E-state index is 15.0. The molecular weight excluding hydrogens is 676 g/mol. The topological polar surface area (TPSA) is 131 Å². The molecule has 2 aliphatic carbocycles. The van der Waals surface area contributed by atoms with E-state index in [1.165, 1.54) is 41.9 Å². The van der Waals surface area contributed by atoms with Crippen LogP contribution in [0.4, 0.5) is 21.6 Å². The molecule has 3 aromatic rings. The van der Waals surface area contributed by atoms with Gasteiger partial charge in [-0.3, -0.25) is 18.9 Å². The zero-order chi connectivity index (χ0) is 28.8. The molecule has 0 atom stereocenters. The number of aromatic nitrogens is 1. The van der Waals surface area contributed by atoms with Crippen molar-refractivity contribution in [1.82, 2.24) is 14.6 Å². The lowest BCUT2D eigenvalue weighted by Gasteiger charge is -2.23. The van der Waals surface area contributed by atoms with E-state index >= 15 is 0 Å². The molecule has 10 nitrogen and oxygen atoms in total. The summed E-state index contributed by atoms with van der Waals surface area (Å²) in [5.41, 5.74) is -0.117. The first-order chi connectivity index (χ1) is 19.0. The van der Waals surface area contributed by atoms with Gasteiger partial charge in [-0.15, -0.1) is 0 Å². The predicted molar refractivity (Wildman–Crippen MR) is 160 cm³/mol. The van der Waals surface area contributed by atoms with E-state index in [0.29, 0.717) is 3.57 Å². The van der Waals surface area contributed by atoms with Crippen LogP contribution in [0.15, 0.2) is 41.2 Å². The van der Waals surface area contributed by atoms with Gasteiger partial charge in [0.05, 0.1) is 16.9 Å². The van der Waals surface area contributed by atoms with Crippen LogP contribution in [0, 0.1) is 16.3 Å². The summed E-state index contributed by atoms with van der Waals surface area (Å²) < 4.78 is 51.8. The lowest BCUT2D eigenvalue weighted by molar-refractivity contribution is 0.0948. The number of amides is 1. The summed E-state index contributed by atoms with van der Waals surface area (Å²) in [6.07, 6.45) is 3.09. The van der Waals surface area contributed by atoms with E-state index in [1.54, 1.807) is 13.0 Å². The molecule has 1 aromatic heterocycles. The highest BCUT2D eigenvalue weighted by Gasteiger charge is 2.36. The average molecular weight is 702 g/mol. The fourth-order valence-corrected chi connectivity index (χ4v) is 5.40. The van der Waals surface area contributed by atoms with Crippen LogP contribution in [0.3, 0.4) is 0 Å². The Morgan fingerprint density at radius 1 is 1.15 bits per heavy atom. The normalized spacial score (nSPS) is 15.0. The standard InChI is InChI=1S/C26H26ClFIN5O5S/c1-13-23(39-20-5-3-4-19(22(20)27)33-40(37,38)30-2)21(25(35)31-15-7-8-15)24(34(26(13)36)16-9-10-16)32-18-11-6-14(29)12-17(18)28/h3-6,11-12,15-16,30,32-33H,7-10H2,1-2H3,(H,31,35). The van der Waals surface area contributed by atoms with E-state index in [1.807, 2.05) is 22.6 Å². The summed E-state index contributed by atoms with van der Waals surface area (Å²) in [5.74, 6) is -0.993. The van der Waals surface area contributed by atoms with Gasteiger partial charge in [-0.25, -0.2) is 9.11 Å². The van der Waals surface area contributed by atoms with Crippen LogP contribution in [0.25, 0.3) is 0 Å². The van der Waals surface area contributed by atoms with E-state index in [0.717, 1.165) is 25.7 Å². The van der Waals surface area contributed by atoms with Gasteiger partial charge in [-0.2, -0.15) is 8.42 Å². The summed E-state index contributed by atoms with van der Waals surface area (Å²) in [6.45, 7) is 1.54. The number of rotatable bonds is 10. The Kier molecular flexibility index (Phi) is 8.01. The smallest absolute Gasteiger partial charge is 0.298 e. The third-order valence-corrected chi connectivity index (χ3v) is 8.60. The minimum absolute atomic E-state index is 0.0107. The van der Waals surface area contributed by atoms with Crippen molar-refractivity contribution in [2.75, 3.05) is 17.1 Å². The molecule has 0 aliphatic heterocycles. The Hall–Kier alpha value is -2.88. The molecule has 14 heteroatoms. The first-order valence-corrected chi connectivity index (χ1v) is 15.4. The molecule has 2 aromatic carbocycles. The molecule has 212 valence electrons. The van der Waals surface area contributed by atoms with Crippen LogP contribution in [0.1, 0.15) is 47.6 Å². The third-order valence-electron chi connectivity index (χ3n) is 6.51. The van der Waals surface area contributed by atoms with E-state index in [2.05, 4.69) is 20.1 Å². The summed E-state index contributed by atoms with van der Waals surface area (Å²) in [6, 6.07) is 8.84. The van der Waals surface area contributed by atoms with Gasteiger partial charge in [0.25, 0.3) is 21.7 Å². The zero-order valence-corrected chi connectivity index (χ0v) is 25.2. The van der Waals surface area contributed by atoms with Crippen LogP contribution in [-0.2, 0) is 10.2 Å². The molecule has 1 heterocycles. The van der Waals surface area contributed by atoms with E-state index in [-0.39, 0.29) is 56.9 Å². The number of ether oxygens (including phenoxy) is 1. The van der Waals surface area contributed by atoms with Crippen LogP contribution >= 0.6 is 34.2 Å². The Balaban J connectivity index is 1.68. The molecule has 2 aliphatic rings. The van der Waals surface area contributed by atoms with Gasteiger partial charge in [0.15, 0.2) is 5.75 Å². The van der Waals surface area contributed by atoms with Gasteiger partial charge in [0, 0.05) is 22.7 Å². The first-order valence-electron chi connectivity index (χ1n) is 12.5. The number of nitrogens with one attached hydrogen (secondary N) is 4. The van der Waals surface area contributed by atoms with E-state index < -0.39 is 27.5 Å². The number of carbonyl (C=O) groups excluding carboxylic acids is 1. The Bertz CT molecular complexity index is 1670. The fraction of sp³-hybridized carbons (Fsp3) is 0.308. The van der Waals surface area contributed by atoms with Crippen molar-refractivity contribution in [3.63, 3.8) is 0 Å². The Labute approximate surface area is 249 Å². The molecule has 1 amide bonds. The van der Waals surface area contributed by atoms with Crippen molar-refractivity contribution in [1.29, 1.82) is 0 Å². The summed E-state index contributed by atoms with van der Waals surface area (Å²) in [5, 5.41) is 5.86. The van der Waals surface area contributed by atoms with Gasteiger partial charge in [-0.1, -0.05) is 17.7 Å². The van der Waals surface area contributed by atoms with Crippen molar-refractivity contribution in [2.24, 2.45) is 0 Å². The number of anilines is 3. The third kappa shape index (κ3) is 6.06. The molecular formula is C26H26ClFIN5O5S. The van der Waals surface area contributed by atoms with Crippen molar-refractivity contribution in [2.45, 2.75) is 44.7 Å². The van der Waals surface area contributed by atoms with Crippen molar-refractivity contribution in [3.8, 4) is 11.5 Å². The highest BCUT2D eigenvalue weighted by Crippen LogP contribution is 2.43. The average Bonchev–Trinajstić information content (AvgIpc) is 3.83. The van der Waals surface area contributed by atoms with Gasteiger partial charge >= 0.3 is 0 Å². The number of hydrogen-bond donors (Lipinski definition) is 4. The molecule has 4 N–H and O–H groups in total. The second-order valence-corrected chi connectivity index (χ2v) is 12.9. The maximum atomic E-state index is 15.0. The van der Waals surface area contributed by atoms with Gasteiger partial charge in [0.2, 0.25) is 0 Å². The first kappa shape index (κ1) is 28.6. The molecule has 0 bridgehead atoms. The molecule has 5 rings (SSSR count). The van der Waals surface area contributed by atoms with Gasteiger partial charge in [-0.05, 0) is 85.5 Å². The fourth-order valence-electron chi connectivity index (χ4n) is 4.11. The number of carbonyl (C=O) groups is 1. The van der Waals surface area contributed by atoms with Crippen molar-refractivity contribution < 1.29 is 22.3 Å². The minimum atomic E-state index is -3.89.